The van der Waals surface area contributed by atoms with Gasteiger partial charge in [0.25, 0.3) is 5.56 Å². The van der Waals surface area contributed by atoms with Gasteiger partial charge in [-0.1, -0.05) is 19.9 Å². The van der Waals surface area contributed by atoms with Gasteiger partial charge >= 0.3 is 0 Å². The maximum atomic E-state index is 11.7. The van der Waals surface area contributed by atoms with E-state index in [0.29, 0.717) is 5.39 Å². The lowest BCUT2D eigenvalue weighted by Crippen LogP contribution is -2.12. The first-order chi connectivity index (χ1) is 7.08. The number of nitrogens with one attached hydrogen (secondary N) is 1. The highest BCUT2D eigenvalue weighted by Crippen LogP contribution is 2.13. The van der Waals surface area contributed by atoms with Crippen molar-refractivity contribution in [3.8, 4) is 0 Å². The van der Waals surface area contributed by atoms with Crippen molar-refractivity contribution in [3.63, 3.8) is 0 Å². The zero-order chi connectivity index (χ0) is 11.0. The summed E-state index contributed by atoms with van der Waals surface area (Å²) in [7, 11) is 0. The summed E-state index contributed by atoms with van der Waals surface area (Å²) in [6, 6.07) is 5.69. The molecule has 0 saturated heterocycles. The summed E-state index contributed by atoms with van der Waals surface area (Å²) in [5.41, 5.74) is 1.85. The predicted octanol–water partition coefficient (Wildman–Crippen LogP) is 2.35. The Bertz CT molecular complexity index is 555. The van der Waals surface area contributed by atoms with Crippen molar-refractivity contribution in [1.29, 1.82) is 0 Å². The zero-order valence-corrected chi connectivity index (χ0v) is 9.16. The molecule has 0 bridgehead atoms. The molecule has 0 unspecified atom stereocenters. The molecule has 2 rings (SSSR count). The van der Waals surface area contributed by atoms with Crippen LogP contribution in [0.5, 0.6) is 0 Å². The van der Waals surface area contributed by atoms with Crippen LogP contribution in [0, 0.1) is 6.92 Å². The molecule has 1 N–H and O–H groups in total. The van der Waals surface area contributed by atoms with Gasteiger partial charge in [-0.3, -0.25) is 4.79 Å². The second kappa shape index (κ2) is 3.50. The largest absolute Gasteiger partial charge is 0.310 e. The lowest BCUT2D eigenvalue weighted by atomic mass is 10.1. The highest BCUT2D eigenvalue weighted by molar-refractivity contribution is 5.78. The zero-order valence-electron chi connectivity index (χ0n) is 9.16. The maximum Gasteiger partial charge on any atom is 0.258 e. The molecule has 2 aromatic rings. The molecule has 15 heavy (non-hydrogen) atoms. The second-order valence-electron chi connectivity index (χ2n) is 4.13. The summed E-state index contributed by atoms with van der Waals surface area (Å²) in [6.45, 7) is 6.02. The van der Waals surface area contributed by atoms with Gasteiger partial charge in [-0.05, 0) is 24.6 Å². The van der Waals surface area contributed by atoms with Gasteiger partial charge < -0.3 is 4.98 Å². The number of hydrogen-bond donors (Lipinski definition) is 1. The predicted molar refractivity (Wildman–Crippen MR) is 61.2 cm³/mol. The van der Waals surface area contributed by atoms with E-state index < -0.39 is 0 Å². The van der Waals surface area contributed by atoms with Gasteiger partial charge in [0.15, 0.2) is 0 Å². The Morgan fingerprint density at radius 2 is 2.07 bits per heavy atom. The summed E-state index contributed by atoms with van der Waals surface area (Å²) >= 11 is 0. The minimum Gasteiger partial charge on any atom is -0.310 e. The molecule has 1 aromatic carbocycles. The normalized spacial score (nSPS) is 11.2. The van der Waals surface area contributed by atoms with Gasteiger partial charge in [-0.2, -0.15) is 0 Å². The molecule has 1 heterocycles. The van der Waals surface area contributed by atoms with Crippen LogP contribution < -0.4 is 5.56 Å². The molecule has 0 radical (unpaired) electrons. The van der Waals surface area contributed by atoms with Crippen LogP contribution in [0.4, 0.5) is 0 Å². The number of hydrogen-bond acceptors (Lipinski definition) is 2. The number of benzene rings is 1. The quantitative estimate of drug-likeness (QED) is 0.771. The van der Waals surface area contributed by atoms with Crippen molar-refractivity contribution < 1.29 is 0 Å². The van der Waals surface area contributed by atoms with Crippen LogP contribution in [0.2, 0.25) is 0 Å². The molecule has 0 spiro atoms. The van der Waals surface area contributed by atoms with E-state index in [0.717, 1.165) is 16.9 Å². The van der Waals surface area contributed by atoms with Crippen molar-refractivity contribution in [2.45, 2.75) is 26.7 Å². The Morgan fingerprint density at radius 3 is 2.73 bits per heavy atom. The average molecular weight is 202 g/mol. The van der Waals surface area contributed by atoms with Gasteiger partial charge in [0.1, 0.15) is 5.82 Å². The lowest BCUT2D eigenvalue weighted by Gasteiger charge is -2.05. The van der Waals surface area contributed by atoms with Gasteiger partial charge in [0, 0.05) is 5.92 Å². The fourth-order valence-corrected chi connectivity index (χ4v) is 1.54. The third-order valence-electron chi connectivity index (χ3n) is 2.43. The van der Waals surface area contributed by atoms with Gasteiger partial charge in [-0.25, -0.2) is 4.98 Å². The summed E-state index contributed by atoms with van der Waals surface area (Å²) < 4.78 is 0. The van der Waals surface area contributed by atoms with E-state index in [-0.39, 0.29) is 11.5 Å². The van der Waals surface area contributed by atoms with E-state index in [1.54, 1.807) is 0 Å². The fraction of sp³-hybridized carbons (Fsp3) is 0.333. The molecule has 0 aliphatic carbocycles. The number of aryl methyl sites for hydroxylation is 1. The van der Waals surface area contributed by atoms with Crippen LogP contribution >= 0.6 is 0 Å². The highest BCUT2D eigenvalue weighted by atomic mass is 16.1. The van der Waals surface area contributed by atoms with Gasteiger partial charge in [0.2, 0.25) is 0 Å². The molecule has 0 amide bonds. The van der Waals surface area contributed by atoms with E-state index in [1.165, 1.54) is 0 Å². The van der Waals surface area contributed by atoms with Gasteiger partial charge in [0.05, 0.1) is 10.9 Å². The summed E-state index contributed by atoms with van der Waals surface area (Å²) in [6.07, 6.45) is 0. The Hall–Kier alpha value is -1.64. The van der Waals surface area contributed by atoms with Crippen molar-refractivity contribution in [2.24, 2.45) is 0 Å². The Kier molecular flexibility index (Phi) is 2.31. The minimum absolute atomic E-state index is 0.0521. The SMILES string of the molecule is Cc1ccc2c(=O)[nH]c(C(C)C)nc2c1. The second-order valence-corrected chi connectivity index (χ2v) is 4.13. The Morgan fingerprint density at radius 1 is 1.33 bits per heavy atom. The highest BCUT2D eigenvalue weighted by Gasteiger charge is 2.06. The van der Waals surface area contributed by atoms with E-state index in [2.05, 4.69) is 9.97 Å². The topological polar surface area (TPSA) is 45.8 Å². The van der Waals surface area contributed by atoms with E-state index in [4.69, 9.17) is 0 Å². The Labute approximate surface area is 88.2 Å². The first-order valence-electron chi connectivity index (χ1n) is 5.08. The van der Waals surface area contributed by atoms with E-state index in [1.807, 2.05) is 39.0 Å². The molecular formula is C12H14N2O. The molecule has 78 valence electrons. The average Bonchev–Trinajstić information content (AvgIpc) is 2.16. The first kappa shape index (κ1) is 9.90. The minimum atomic E-state index is -0.0521. The van der Waals surface area contributed by atoms with Crippen molar-refractivity contribution in [2.75, 3.05) is 0 Å². The van der Waals surface area contributed by atoms with E-state index in [9.17, 15) is 4.79 Å². The summed E-state index contributed by atoms with van der Waals surface area (Å²) in [5.74, 6) is 0.987. The van der Waals surface area contributed by atoms with Crippen LogP contribution in [-0.2, 0) is 0 Å². The first-order valence-corrected chi connectivity index (χ1v) is 5.08. The van der Waals surface area contributed by atoms with Crippen molar-refractivity contribution >= 4 is 10.9 Å². The molecule has 3 heteroatoms. The summed E-state index contributed by atoms with van der Waals surface area (Å²) in [4.78, 5) is 19.0. The molecule has 0 aliphatic rings. The van der Waals surface area contributed by atoms with E-state index >= 15 is 0 Å². The van der Waals surface area contributed by atoms with Crippen LogP contribution in [0.15, 0.2) is 23.0 Å². The fourth-order valence-electron chi connectivity index (χ4n) is 1.54. The smallest absolute Gasteiger partial charge is 0.258 e. The number of nitrogens with zero attached hydrogens (tertiary/aromatic N) is 1. The number of rotatable bonds is 1. The van der Waals surface area contributed by atoms with Crippen LogP contribution in [-0.4, -0.2) is 9.97 Å². The lowest BCUT2D eigenvalue weighted by molar-refractivity contribution is 0.776. The summed E-state index contributed by atoms with van der Waals surface area (Å²) in [5, 5.41) is 0.657. The Balaban J connectivity index is 2.80. The standard InChI is InChI=1S/C12H14N2O/c1-7(2)11-13-10-6-8(3)4-5-9(10)12(15)14-11/h4-7H,1-3H3,(H,13,14,15). The number of aromatic amines is 1. The van der Waals surface area contributed by atoms with Crippen molar-refractivity contribution in [1.82, 2.24) is 9.97 Å². The third-order valence-corrected chi connectivity index (χ3v) is 2.43. The monoisotopic (exact) mass is 202 g/mol. The molecule has 0 aliphatic heterocycles. The van der Waals surface area contributed by atoms with Crippen LogP contribution in [0.1, 0.15) is 31.2 Å². The van der Waals surface area contributed by atoms with Crippen LogP contribution in [0.3, 0.4) is 0 Å². The molecule has 1 aromatic heterocycles. The number of fused-ring (bicyclic) bond motifs is 1. The number of aromatic nitrogens is 2. The third kappa shape index (κ3) is 1.77. The molecule has 0 atom stereocenters. The van der Waals surface area contributed by atoms with Crippen molar-refractivity contribution in [3.05, 3.63) is 39.9 Å². The molecule has 0 saturated carbocycles. The molecule has 3 nitrogen and oxygen atoms in total. The van der Waals surface area contributed by atoms with Gasteiger partial charge in [-0.15, -0.1) is 0 Å². The van der Waals surface area contributed by atoms with Crippen LogP contribution in [0.25, 0.3) is 10.9 Å². The number of H-pyrrole nitrogens is 1. The molecular weight excluding hydrogens is 188 g/mol. The maximum absolute atomic E-state index is 11.7. The molecule has 0 fully saturated rings.